The molecule has 0 spiro atoms. The van der Waals surface area contributed by atoms with Crippen LogP contribution in [-0.4, -0.2) is 53.3 Å². The number of carbonyl (C=O) groups excluding carboxylic acids is 2. The van der Waals surface area contributed by atoms with Crippen molar-refractivity contribution in [2.45, 2.75) is 19.4 Å². The van der Waals surface area contributed by atoms with Gasteiger partial charge >= 0.3 is 0 Å². The number of nitrogens with zero attached hydrogens (tertiary/aromatic N) is 2. The van der Waals surface area contributed by atoms with Crippen molar-refractivity contribution in [3.8, 4) is 0 Å². The van der Waals surface area contributed by atoms with E-state index in [1.165, 1.54) is 4.90 Å². The number of hydrogen-bond donors (Lipinski definition) is 1. The molecule has 5 nitrogen and oxygen atoms in total. The van der Waals surface area contributed by atoms with E-state index in [2.05, 4.69) is 0 Å². The summed E-state index contributed by atoms with van der Waals surface area (Å²) in [7, 11) is 0. The summed E-state index contributed by atoms with van der Waals surface area (Å²) >= 11 is 0. The van der Waals surface area contributed by atoms with Gasteiger partial charge in [-0.25, -0.2) is 8.78 Å². The van der Waals surface area contributed by atoms with Crippen LogP contribution in [-0.2, 0) is 4.79 Å². The topological polar surface area (TPSA) is 66.6 Å². The molecule has 1 aliphatic heterocycles. The van der Waals surface area contributed by atoms with Gasteiger partial charge in [0, 0.05) is 32.2 Å². The molecule has 1 aliphatic rings. The molecular weight excluding hydrogens is 292 g/mol. The Morgan fingerprint density at radius 1 is 1.09 bits per heavy atom. The first-order valence-corrected chi connectivity index (χ1v) is 7.03. The van der Waals surface area contributed by atoms with Gasteiger partial charge in [-0.2, -0.15) is 0 Å². The molecule has 0 unspecified atom stereocenters. The van der Waals surface area contributed by atoms with Crippen molar-refractivity contribution in [3.63, 3.8) is 0 Å². The molecule has 1 aromatic rings. The summed E-state index contributed by atoms with van der Waals surface area (Å²) in [6.45, 7) is 4.51. The van der Waals surface area contributed by atoms with E-state index >= 15 is 0 Å². The molecule has 0 bridgehead atoms. The standard InChI is InChI=1S/C15H19F2N3O2/c1-15(2,18)14(22)20-7-5-19(6-8-20)13(21)11-4-3-10(16)9-12(11)17/h3-4,9H,5-8,18H2,1-2H3. The Morgan fingerprint density at radius 2 is 1.64 bits per heavy atom. The van der Waals surface area contributed by atoms with Gasteiger partial charge in [-0.05, 0) is 26.0 Å². The van der Waals surface area contributed by atoms with Crippen LogP contribution in [0, 0.1) is 11.6 Å². The predicted octanol–water partition coefficient (Wildman–Crippen LogP) is 0.987. The van der Waals surface area contributed by atoms with E-state index in [1.54, 1.807) is 18.7 Å². The molecule has 2 rings (SSSR count). The van der Waals surface area contributed by atoms with E-state index in [4.69, 9.17) is 5.73 Å². The van der Waals surface area contributed by atoms with E-state index in [1.807, 2.05) is 0 Å². The molecule has 22 heavy (non-hydrogen) atoms. The second-order valence-electron chi connectivity index (χ2n) is 5.93. The zero-order valence-corrected chi connectivity index (χ0v) is 12.6. The number of benzene rings is 1. The highest BCUT2D eigenvalue weighted by Gasteiger charge is 2.31. The lowest BCUT2D eigenvalue weighted by atomic mass is 10.0. The SMILES string of the molecule is CC(C)(N)C(=O)N1CCN(C(=O)c2ccc(F)cc2F)CC1. The van der Waals surface area contributed by atoms with Gasteiger partial charge in [0.1, 0.15) is 11.6 Å². The lowest BCUT2D eigenvalue weighted by molar-refractivity contribution is -0.137. The second-order valence-corrected chi connectivity index (χ2v) is 5.93. The van der Waals surface area contributed by atoms with Crippen LogP contribution in [0.2, 0.25) is 0 Å². The van der Waals surface area contributed by atoms with Gasteiger partial charge in [0.05, 0.1) is 11.1 Å². The average molecular weight is 311 g/mol. The Balaban J connectivity index is 2.02. The number of nitrogens with two attached hydrogens (primary N) is 1. The smallest absolute Gasteiger partial charge is 0.256 e. The van der Waals surface area contributed by atoms with E-state index in [9.17, 15) is 18.4 Å². The Labute approximate surface area is 127 Å². The zero-order valence-electron chi connectivity index (χ0n) is 12.6. The van der Waals surface area contributed by atoms with Gasteiger partial charge in [0.15, 0.2) is 0 Å². The van der Waals surface area contributed by atoms with Crippen LogP contribution in [0.3, 0.4) is 0 Å². The molecule has 1 fully saturated rings. The lowest BCUT2D eigenvalue weighted by Crippen LogP contribution is -2.57. The summed E-state index contributed by atoms with van der Waals surface area (Å²) in [4.78, 5) is 27.3. The fourth-order valence-corrected chi connectivity index (χ4v) is 2.35. The van der Waals surface area contributed by atoms with Crippen molar-refractivity contribution < 1.29 is 18.4 Å². The fraction of sp³-hybridized carbons (Fsp3) is 0.467. The summed E-state index contributed by atoms with van der Waals surface area (Å²) in [5.41, 5.74) is 4.64. The van der Waals surface area contributed by atoms with Crippen molar-refractivity contribution in [1.29, 1.82) is 0 Å². The summed E-state index contributed by atoms with van der Waals surface area (Å²) in [5, 5.41) is 0. The molecular formula is C15H19F2N3O2. The summed E-state index contributed by atoms with van der Waals surface area (Å²) < 4.78 is 26.5. The average Bonchev–Trinajstić information content (AvgIpc) is 2.45. The number of piperazine rings is 1. The third-order valence-corrected chi connectivity index (χ3v) is 3.57. The first kappa shape index (κ1) is 16.4. The van der Waals surface area contributed by atoms with Gasteiger partial charge in [-0.15, -0.1) is 0 Å². The Morgan fingerprint density at radius 3 is 2.14 bits per heavy atom. The maximum atomic E-state index is 13.6. The third-order valence-electron chi connectivity index (χ3n) is 3.57. The minimum atomic E-state index is -0.963. The summed E-state index contributed by atoms with van der Waals surface area (Å²) in [6, 6.07) is 2.87. The monoisotopic (exact) mass is 311 g/mol. The maximum absolute atomic E-state index is 13.6. The molecule has 0 saturated carbocycles. The molecule has 1 heterocycles. The van der Waals surface area contributed by atoms with Crippen molar-refractivity contribution in [3.05, 3.63) is 35.4 Å². The molecule has 120 valence electrons. The molecule has 0 aliphatic carbocycles. The Bertz CT molecular complexity index is 591. The highest BCUT2D eigenvalue weighted by Crippen LogP contribution is 2.15. The summed E-state index contributed by atoms with van der Waals surface area (Å²) in [5.74, 6) is -2.30. The lowest BCUT2D eigenvalue weighted by Gasteiger charge is -2.37. The first-order valence-electron chi connectivity index (χ1n) is 7.03. The molecule has 2 amide bonds. The van der Waals surface area contributed by atoms with E-state index in [0.29, 0.717) is 19.2 Å². The molecule has 2 N–H and O–H groups in total. The van der Waals surface area contributed by atoms with Crippen molar-refractivity contribution in [2.75, 3.05) is 26.2 Å². The number of amides is 2. The number of halogens is 2. The molecule has 0 aromatic heterocycles. The van der Waals surface area contributed by atoms with Gasteiger partial charge < -0.3 is 15.5 Å². The second kappa shape index (κ2) is 6.00. The van der Waals surface area contributed by atoms with Crippen molar-refractivity contribution in [2.24, 2.45) is 5.73 Å². The van der Waals surface area contributed by atoms with Crippen LogP contribution in [0.25, 0.3) is 0 Å². The summed E-state index contributed by atoms with van der Waals surface area (Å²) in [6.07, 6.45) is 0. The van der Waals surface area contributed by atoms with E-state index < -0.39 is 23.1 Å². The zero-order chi connectivity index (χ0) is 16.5. The third kappa shape index (κ3) is 3.41. The van der Waals surface area contributed by atoms with Crippen LogP contribution in [0.4, 0.5) is 8.78 Å². The van der Waals surface area contributed by atoms with Gasteiger partial charge in [-0.1, -0.05) is 0 Å². The first-order chi connectivity index (χ1) is 10.2. The minimum absolute atomic E-state index is 0.166. The van der Waals surface area contributed by atoms with Gasteiger partial charge in [0.25, 0.3) is 5.91 Å². The van der Waals surface area contributed by atoms with Crippen LogP contribution < -0.4 is 5.73 Å². The molecule has 1 saturated heterocycles. The molecule has 0 radical (unpaired) electrons. The maximum Gasteiger partial charge on any atom is 0.256 e. The van der Waals surface area contributed by atoms with Crippen LogP contribution in [0.15, 0.2) is 18.2 Å². The van der Waals surface area contributed by atoms with E-state index in [-0.39, 0.29) is 24.6 Å². The number of carbonyl (C=O) groups is 2. The Hall–Kier alpha value is -2.02. The molecule has 7 heteroatoms. The van der Waals surface area contributed by atoms with Crippen LogP contribution >= 0.6 is 0 Å². The Kier molecular flexibility index (Phi) is 4.46. The predicted molar refractivity (Wildman–Crippen MR) is 77.1 cm³/mol. The normalized spacial score (nSPS) is 15.9. The van der Waals surface area contributed by atoms with E-state index in [0.717, 1.165) is 12.1 Å². The largest absolute Gasteiger partial charge is 0.338 e. The van der Waals surface area contributed by atoms with Crippen molar-refractivity contribution >= 4 is 11.8 Å². The van der Waals surface area contributed by atoms with Crippen LogP contribution in [0.1, 0.15) is 24.2 Å². The fourth-order valence-electron chi connectivity index (χ4n) is 2.35. The number of rotatable bonds is 2. The highest BCUT2D eigenvalue weighted by atomic mass is 19.1. The molecule has 1 aromatic carbocycles. The highest BCUT2D eigenvalue weighted by molar-refractivity contribution is 5.94. The van der Waals surface area contributed by atoms with Gasteiger partial charge in [0.2, 0.25) is 5.91 Å². The minimum Gasteiger partial charge on any atom is -0.338 e. The van der Waals surface area contributed by atoms with Gasteiger partial charge in [-0.3, -0.25) is 9.59 Å². The molecule has 0 atom stereocenters. The number of hydrogen-bond acceptors (Lipinski definition) is 3. The van der Waals surface area contributed by atoms with Crippen LogP contribution in [0.5, 0.6) is 0 Å². The quantitative estimate of drug-likeness (QED) is 0.885. The van der Waals surface area contributed by atoms with Crippen molar-refractivity contribution in [1.82, 2.24) is 9.80 Å².